The summed E-state index contributed by atoms with van der Waals surface area (Å²) in [6, 6.07) is 11.3. The lowest BCUT2D eigenvalue weighted by Crippen LogP contribution is -2.73. The van der Waals surface area contributed by atoms with Crippen molar-refractivity contribution in [1.29, 1.82) is 0 Å². The minimum absolute atomic E-state index is 0.0106. The van der Waals surface area contributed by atoms with Gasteiger partial charge in [0.05, 0.1) is 25.2 Å². The predicted molar refractivity (Wildman–Crippen MR) is 103 cm³/mol. The van der Waals surface area contributed by atoms with Crippen LogP contribution in [0, 0.1) is 11.8 Å². The van der Waals surface area contributed by atoms with Crippen molar-refractivity contribution in [3.05, 3.63) is 65.5 Å². The van der Waals surface area contributed by atoms with Gasteiger partial charge in [0.2, 0.25) is 11.8 Å². The van der Waals surface area contributed by atoms with E-state index in [1.807, 2.05) is 36.4 Å². The molecule has 142 valence electrons. The Hall–Kier alpha value is -3.17. The van der Waals surface area contributed by atoms with E-state index in [1.165, 1.54) is 6.92 Å². The van der Waals surface area contributed by atoms with Crippen molar-refractivity contribution >= 4 is 11.8 Å². The Morgan fingerprint density at radius 2 is 1.96 bits per heavy atom. The van der Waals surface area contributed by atoms with E-state index in [0.717, 1.165) is 16.7 Å². The molecule has 2 fully saturated rings. The summed E-state index contributed by atoms with van der Waals surface area (Å²) in [4.78, 5) is 31.5. The Kier molecular flexibility index (Phi) is 4.84. The standard InChI is InChI=1S/C22H21N3O3/c1-15(27)24-12-19-22(20(14-26)25(19)21(28)13-24)18-8-6-16(7-9-18)4-5-17-3-2-10-23-11-17/h2-3,6-11,19-20,22,26H,12-14H2,1H3/t19-,20+,22+/m1/s1. The first-order valence-corrected chi connectivity index (χ1v) is 9.28. The zero-order valence-corrected chi connectivity index (χ0v) is 15.6. The van der Waals surface area contributed by atoms with Crippen LogP contribution in [-0.2, 0) is 9.59 Å². The van der Waals surface area contributed by atoms with Crippen LogP contribution in [0.15, 0.2) is 48.8 Å². The molecule has 2 aromatic rings. The summed E-state index contributed by atoms with van der Waals surface area (Å²) in [6.07, 6.45) is 3.43. The smallest absolute Gasteiger partial charge is 0.242 e. The van der Waals surface area contributed by atoms with Crippen LogP contribution in [0.4, 0.5) is 0 Å². The third-order valence-electron chi connectivity index (χ3n) is 5.51. The molecule has 3 heterocycles. The van der Waals surface area contributed by atoms with E-state index in [1.54, 1.807) is 22.2 Å². The molecule has 1 aromatic carbocycles. The molecule has 0 spiro atoms. The van der Waals surface area contributed by atoms with E-state index < -0.39 is 0 Å². The maximum absolute atomic E-state index is 12.4. The van der Waals surface area contributed by atoms with Crippen molar-refractivity contribution in [2.45, 2.75) is 24.9 Å². The third-order valence-corrected chi connectivity index (χ3v) is 5.51. The quantitative estimate of drug-likeness (QED) is 0.795. The number of fused-ring (bicyclic) bond motifs is 1. The molecular weight excluding hydrogens is 354 g/mol. The van der Waals surface area contributed by atoms with E-state index in [9.17, 15) is 14.7 Å². The van der Waals surface area contributed by atoms with E-state index >= 15 is 0 Å². The molecule has 0 radical (unpaired) electrons. The number of carbonyl (C=O) groups is 2. The van der Waals surface area contributed by atoms with Crippen LogP contribution in [0.25, 0.3) is 0 Å². The van der Waals surface area contributed by atoms with Gasteiger partial charge < -0.3 is 14.9 Å². The number of nitrogens with zero attached hydrogens (tertiary/aromatic N) is 3. The summed E-state index contributed by atoms with van der Waals surface area (Å²) >= 11 is 0. The first kappa shape index (κ1) is 18.2. The average molecular weight is 375 g/mol. The van der Waals surface area contributed by atoms with Crippen LogP contribution >= 0.6 is 0 Å². The minimum atomic E-state index is -0.237. The summed E-state index contributed by atoms with van der Waals surface area (Å²) in [5, 5.41) is 9.81. The SMILES string of the molecule is CC(=O)N1CC(=O)N2[C@H](C1)[C@H](c1ccc(C#Cc3cccnc3)cc1)[C@@H]2CO. The number of piperazine rings is 1. The van der Waals surface area contributed by atoms with Crippen LogP contribution < -0.4 is 0 Å². The van der Waals surface area contributed by atoms with Gasteiger partial charge in [-0.05, 0) is 29.8 Å². The van der Waals surface area contributed by atoms with Gasteiger partial charge in [0.1, 0.15) is 0 Å². The van der Waals surface area contributed by atoms with Crippen molar-refractivity contribution in [3.8, 4) is 11.8 Å². The van der Waals surface area contributed by atoms with Crippen molar-refractivity contribution < 1.29 is 14.7 Å². The highest BCUT2D eigenvalue weighted by atomic mass is 16.3. The van der Waals surface area contributed by atoms with Gasteiger partial charge in [-0.15, -0.1) is 0 Å². The summed E-state index contributed by atoms with van der Waals surface area (Å²) in [6.45, 7) is 1.99. The summed E-state index contributed by atoms with van der Waals surface area (Å²) in [7, 11) is 0. The second kappa shape index (κ2) is 7.45. The Morgan fingerprint density at radius 1 is 1.21 bits per heavy atom. The number of carbonyl (C=O) groups excluding carboxylic acids is 2. The number of benzene rings is 1. The Morgan fingerprint density at radius 3 is 2.61 bits per heavy atom. The molecule has 1 aromatic heterocycles. The zero-order chi connectivity index (χ0) is 19.7. The molecule has 0 aliphatic carbocycles. The average Bonchev–Trinajstić information content (AvgIpc) is 2.69. The molecule has 2 saturated heterocycles. The molecule has 28 heavy (non-hydrogen) atoms. The zero-order valence-electron chi connectivity index (χ0n) is 15.6. The normalized spacial score (nSPS) is 23.4. The van der Waals surface area contributed by atoms with Crippen molar-refractivity contribution in [2.24, 2.45) is 0 Å². The van der Waals surface area contributed by atoms with E-state index in [0.29, 0.717) is 6.54 Å². The molecule has 0 unspecified atom stereocenters. The fraction of sp³-hybridized carbons (Fsp3) is 0.318. The van der Waals surface area contributed by atoms with Gasteiger partial charge in [-0.1, -0.05) is 24.0 Å². The molecule has 0 saturated carbocycles. The number of aromatic nitrogens is 1. The van der Waals surface area contributed by atoms with Crippen molar-refractivity contribution in [2.75, 3.05) is 19.7 Å². The second-order valence-electron chi connectivity index (χ2n) is 7.16. The maximum atomic E-state index is 12.4. The largest absolute Gasteiger partial charge is 0.394 e. The number of hydrogen-bond donors (Lipinski definition) is 1. The van der Waals surface area contributed by atoms with Gasteiger partial charge in [-0.25, -0.2) is 0 Å². The van der Waals surface area contributed by atoms with E-state index in [-0.39, 0.29) is 43.0 Å². The molecule has 3 atom stereocenters. The molecule has 6 nitrogen and oxygen atoms in total. The monoisotopic (exact) mass is 375 g/mol. The lowest BCUT2D eigenvalue weighted by atomic mass is 9.73. The first-order chi connectivity index (χ1) is 13.6. The lowest BCUT2D eigenvalue weighted by Gasteiger charge is -2.58. The van der Waals surface area contributed by atoms with Gasteiger partial charge in [-0.2, -0.15) is 0 Å². The van der Waals surface area contributed by atoms with Crippen LogP contribution in [0.2, 0.25) is 0 Å². The topological polar surface area (TPSA) is 73.7 Å². The molecule has 6 heteroatoms. The van der Waals surface area contributed by atoms with Gasteiger partial charge in [0.15, 0.2) is 0 Å². The number of hydrogen-bond acceptors (Lipinski definition) is 4. The van der Waals surface area contributed by atoms with Crippen LogP contribution in [-0.4, -0.2) is 63.5 Å². The van der Waals surface area contributed by atoms with E-state index in [4.69, 9.17) is 0 Å². The van der Waals surface area contributed by atoms with Crippen LogP contribution in [0.3, 0.4) is 0 Å². The molecule has 1 N–H and O–H groups in total. The third kappa shape index (κ3) is 3.25. The van der Waals surface area contributed by atoms with Crippen LogP contribution in [0.5, 0.6) is 0 Å². The molecular formula is C22H21N3O3. The van der Waals surface area contributed by atoms with Gasteiger partial charge in [0, 0.05) is 42.9 Å². The highest BCUT2D eigenvalue weighted by molar-refractivity contribution is 5.87. The molecule has 2 amide bonds. The molecule has 2 aliphatic rings. The number of amides is 2. The predicted octanol–water partition coefficient (Wildman–Crippen LogP) is 0.999. The first-order valence-electron chi connectivity index (χ1n) is 9.28. The Balaban J connectivity index is 1.54. The van der Waals surface area contributed by atoms with Gasteiger partial charge in [0.25, 0.3) is 0 Å². The van der Waals surface area contributed by atoms with Crippen molar-refractivity contribution in [1.82, 2.24) is 14.8 Å². The van der Waals surface area contributed by atoms with Crippen molar-refractivity contribution in [3.63, 3.8) is 0 Å². The molecule has 2 aliphatic heterocycles. The number of pyridine rings is 1. The van der Waals surface area contributed by atoms with Gasteiger partial charge >= 0.3 is 0 Å². The highest BCUT2D eigenvalue weighted by Gasteiger charge is 2.54. The van der Waals surface area contributed by atoms with E-state index in [2.05, 4.69) is 16.8 Å². The Bertz CT molecular complexity index is 946. The molecule has 4 rings (SSSR count). The number of rotatable bonds is 2. The summed E-state index contributed by atoms with van der Waals surface area (Å²) < 4.78 is 0. The van der Waals surface area contributed by atoms with Crippen LogP contribution in [0.1, 0.15) is 29.5 Å². The number of aliphatic hydroxyl groups excluding tert-OH is 1. The highest BCUT2D eigenvalue weighted by Crippen LogP contribution is 2.42. The fourth-order valence-electron chi connectivity index (χ4n) is 4.11. The number of aliphatic hydroxyl groups is 1. The maximum Gasteiger partial charge on any atom is 0.242 e. The van der Waals surface area contributed by atoms with Gasteiger partial charge in [-0.3, -0.25) is 14.6 Å². The Labute approximate surface area is 163 Å². The lowest BCUT2D eigenvalue weighted by molar-refractivity contribution is -0.166. The molecule has 0 bridgehead atoms. The summed E-state index contributed by atoms with van der Waals surface area (Å²) in [5.41, 5.74) is 2.78. The second-order valence-corrected chi connectivity index (χ2v) is 7.16. The fourth-order valence-corrected chi connectivity index (χ4v) is 4.11. The summed E-state index contributed by atoms with van der Waals surface area (Å²) in [5.74, 6) is 6.01. The minimum Gasteiger partial charge on any atom is -0.394 e.